The molecule has 0 fully saturated rings. The van der Waals surface area contributed by atoms with Gasteiger partial charge in [0.25, 0.3) is 0 Å². The Bertz CT molecular complexity index is 1120. The summed E-state index contributed by atoms with van der Waals surface area (Å²) < 4.78 is 10.1. The number of hydrogen-bond donors (Lipinski definition) is 3. The molecule has 2 aromatic carbocycles. The van der Waals surface area contributed by atoms with E-state index in [-0.39, 0.29) is 19.3 Å². The molecule has 0 unspecified atom stereocenters. The number of terminal acetylenes is 1. The van der Waals surface area contributed by atoms with E-state index in [1.165, 1.54) is 7.11 Å². The highest BCUT2D eigenvalue weighted by molar-refractivity contribution is 5.93. The fraction of sp³-hybridized carbons (Fsp3) is 0.379. The molecular formula is C29H35N3O6. The van der Waals surface area contributed by atoms with Gasteiger partial charge in [0.1, 0.15) is 23.7 Å². The Labute approximate surface area is 223 Å². The summed E-state index contributed by atoms with van der Waals surface area (Å²) in [5.41, 5.74) is 0.805. The molecule has 0 heterocycles. The zero-order valence-electron chi connectivity index (χ0n) is 22.2. The normalized spacial score (nSPS) is 13.1. The van der Waals surface area contributed by atoms with Crippen LogP contribution in [0, 0.1) is 12.3 Å². The molecule has 0 aliphatic carbocycles. The molecule has 0 bridgehead atoms. The van der Waals surface area contributed by atoms with E-state index in [2.05, 4.69) is 21.9 Å². The standard InChI is InChI=1S/C29H35N3O6/c1-6-13-22(27(35)37-5)30-25(33)23(18-20-14-9-7-10-15-20)31-26(34)24(19-21-16-11-8-12-17-21)32-28(36)38-29(2,3)4/h1,7-12,14-17,22-24H,13,18-19H2,2-5H3,(H,30,33)(H,31,34)(H,32,36)/t22-,23-,24-/m1/s1. The maximum Gasteiger partial charge on any atom is 0.408 e. The summed E-state index contributed by atoms with van der Waals surface area (Å²) in [5, 5.41) is 7.92. The van der Waals surface area contributed by atoms with Gasteiger partial charge in [0.2, 0.25) is 11.8 Å². The average molecular weight is 522 g/mol. The molecule has 9 nitrogen and oxygen atoms in total. The number of carbonyl (C=O) groups excluding carboxylic acids is 4. The summed E-state index contributed by atoms with van der Waals surface area (Å²) >= 11 is 0. The molecule has 202 valence electrons. The number of methoxy groups -OCH3 is 1. The number of ether oxygens (including phenoxy) is 2. The lowest BCUT2D eigenvalue weighted by molar-refractivity contribution is -0.145. The van der Waals surface area contributed by atoms with Gasteiger partial charge in [-0.2, -0.15) is 0 Å². The molecule has 0 aliphatic rings. The van der Waals surface area contributed by atoms with Gasteiger partial charge in [-0.3, -0.25) is 9.59 Å². The van der Waals surface area contributed by atoms with Crippen LogP contribution in [0.2, 0.25) is 0 Å². The first kappa shape index (κ1) is 29.9. The predicted molar refractivity (Wildman–Crippen MR) is 143 cm³/mol. The van der Waals surface area contributed by atoms with Gasteiger partial charge in [-0.25, -0.2) is 9.59 Å². The van der Waals surface area contributed by atoms with Crippen molar-refractivity contribution in [3.63, 3.8) is 0 Å². The van der Waals surface area contributed by atoms with Crippen molar-refractivity contribution in [1.82, 2.24) is 16.0 Å². The summed E-state index contributed by atoms with van der Waals surface area (Å²) in [6.07, 6.45) is 4.79. The van der Waals surface area contributed by atoms with E-state index in [1.807, 2.05) is 60.7 Å². The van der Waals surface area contributed by atoms with E-state index in [9.17, 15) is 19.2 Å². The van der Waals surface area contributed by atoms with Crippen LogP contribution in [0.3, 0.4) is 0 Å². The van der Waals surface area contributed by atoms with Gasteiger partial charge in [-0.1, -0.05) is 60.7 Å². The van der Waals surface area contributed by atoms with Crippen molar-refractivity contribution in [2.45, 2.75) is 63.8 Å². The van der Waals surface area contributed by atoms with Gasteiger partial charge >= 0.3 is 12.1 Å². The lowest BCUT2D eigenvalue weighted by Gasteiger charge is -2.26. The van der Waals surface area contributed by atoms with E-state index in [4.69, 9.17) is 15.9 Å². The Morgan fingerprint density at radius 2 is 1.24 bits per heavy atom. The van der Waals surface area contributed by atoms with Gasteiger partial charge in [0.15, 0.2) is 0 Å². The fourth-order valence-corrected chi connectivity index (χ4v) is 3.57. The lowest BCUT2D eigenvalue weighted by atomic mass is 10.0. The van der Waals surface area contributed by atoms with Crippen LogP contribution in [0.1, 0.15) is 38.3 Å². The quantitative estimate of drug-likeness (QED) is 0.309. The Morgan fingerprint density at radius 3 is 1.66 bits per heavy atom. The van der Waals surface area contributed by atoms with Crippen LogP contribution in [0.25, 0.3) is 0 Å². The number of carbonyl (C=O) groups is 4. The minimum absolute atomic E-state index is 0.0821. The molecular weight excluding hydrogens is 486 g/mol. The first-order valence-corrected chi connectivity index (χ1v) is 12.2. The van der Waals surface area contributed by atoms with E-state index in [1.54, 1.807) is 20.8 Å². The van der Waals surface area contributed by atoms with Crippen molar-refractivity contribution in [3.8, 4) is 12.3 Å². The first-order valence-electron chi connectivity index (χ1n) is 12.2. The zero-order valence-corrected chi connectivity index (χ0v) is 22.2. The summed E-state index contributed by atoms with van der Waals surface area (Å²) in [7, 11) is 1.19. The second kappa shape index (κ2) is 14.4. The number of rotatable bonds is 11. The summed E-state index contributed by atoms with van der Waals surface area (Å²) in [6, 6.07) is 15.0. The van der Waals surface area contributed by atoms with Crippen molar-refractivity contribution in [1.29, 1.82) is 0 Å². The van der Waals surface area contributed by atoms with Gasteiger partial charge in [-0.15, -0.1) is 12.3 Å². The van der Waals surface area contributed by atoms with Crippen LogP contribution in [-0.4, -0.2) is 54.7 Å². The minimum atomic E-state index is -1.08. The van der Waals surface area contributed by atoms with Gasteiger partial charge in [-0.05, 0) is 31.9 Å². The van der Waals surface area contributed by atoms with Crippen LogP contribution in [0.15, 0.2) is 60.7 Å². The van der Waals surface area contributed by atoms with Crippen LogP contribution >= 0.6 is 0 Å². The van der Waals surface area contributed by atoms with Crippen LogP contribution in [0.4, 0.5) is 4.79 Å². The monoisotopic (exact) mass is 521 g/mol. The molecule has 3 atom stereocenters. The number of esters is 1. The molecule has 0 saturated carbocycles. The molecule has 0 saturated heterocycles. The molecule has 0 spiro atoms. The highest BCUT2D eigenvalue weighted by atomic mass is 16.6. The number of alkyl carbamates (subject to hydrolysis) is 1. The Hall–Kier alpha value is -4.32. The Kier molecular flexibility index (Phi) is 11.4. The van der Waals surface area contributed by atoms with Crippen molar-refractivity contribution >= 4 is 23.9 Å². The smallest absolute Gasteiger partial charge is 0.408 e. The third-order valence-corrected chi connectivity index (χ3v) is 5.33. The predicted octanol–water partition coefficient (Wildman–Crippen LogP) is 2.53. The molecule has 3 N–H and O–H groups in total. The van der Waals surface area contributed by atoms with Gasteiger partial charge < -0.3 is 25.4 Å². The summed E-state index contributed by atoms with van der Waals surface area (Å²) in [6.45, 7) is 5.15. The third kappa shape index (κ3) is 10.3. The highest BCUT2D eigenvalue weighted by Crippen LogP contribution is 2.10. The van der Waals surface area contributed by atoms with E-state index < -0.39 is 47.6 Å². The molecule has 0 aliphatic heterocycles. The molecule has 9 heteroatoms. The Balaban J connectivity index is 2.30. The second-order valence-corrected chi connectivity index (χ2v) is 9.63. The maximum absolute atomic E-state index is 13.5. The van der Waals surface area contributed by atoms with Crippen LogP contribution < -0.4 is 16.0 Å². The summed E-state index contributed by atoms with van der Waals surface area (Å²) in [5.74, 6) is 0.423. The topological polar surface area (TPSA) is 123 Å². The second-order valence-electron chi connectivity index (χ2n) is 9.63. The molecule has 0 aromatic heterocycles. The molecule has 2 aromatic rings. The lowest BCUT2D eigenvalue weighted by Crippen LogP contribution is -2.57. The van der Waals surface area contributed by atoms with Gasteiger partial charge in [0.05, 0.1) is 7.11 Å². The molecule has 0 radical (unpaired) electrons. The molecule has 2 rings (SSSR count). The van der Waals surface area contributed by atoms with E-state index >= 15 is 0 Å². The van der Waals surface area contributed by atoms with Gasteiger partial charge in [0, 0.05) is 19.3 Å². The number of amides is 3. The number of hydrogen-bond acceptors (Lipinski definition) is 6. The van der Waals surface area contributed by atoms with E-state index in [0.717, 1.165) is 11.1 Å². The summed E-state index contributed by atoms with van der Waals surface area (Å²) in [4.78, 5) is 51.4. The first-order chi connectivity index (χ1) is 18.0. The maximum atomic E-state index is 13.5. The SMILES string of the molecule is C#CC[C@@H](NC(=O)[C@@H](Cc1ccccc1)NC(=O)[C@@H](Cc1ccccc1)NC(=O)OC(C)(C)C)C(=O)OC. The van der Waals surface area contributed by atoms with Crippen molar-refractivity contribution in [2.24, 2.45) is 0 Å². The minimum Gasteiger partial charge on any atom is -0.467 e. The van der Waals surface area contributed by atoms with Crippen LogP contribution in [-0.2, 0) is 36.7 Å². The molecule has 3 amide bonds. The van der Waals surface area contributed by atoms with Crippen molar-refractivity contribution in [2.75, 3.05) is 7.11 Å². The third-order valence-electron chi connectivity index (χ3n) is 5.33. The average Bonchev–Trinajstić information content (AvgIpc) is 2.87. The highest BCUT2D eigenvalue weighted by Gasteiger charge is 2.31. The number of nitrogens with one attached hydrogen (secondary N) is 3. The van der Waals surface area contributed by atoms with Crippen molar-refractivity contribution < 1.29 is 28.7 Å². The zero-order chi connectivity index (χ0) is 28.1. The Morgan fingerprint density at radius 1 is 0.789 bits per heavy atom. The fourth-order valence-electron chi connectivity index (χ4n) is 3.57. The number of benzene rings is 2. The largest absolute Gasteiger partial charge is 0.467 e. The van der Waals surface area contributed by atoms with Crippen LogP contribution in [0.5, 0.6) is 0 Å². The van der Waals surface area contributed by atoms with E-state index in [0.29, 0.717) is 0 Å². The molecule has 38 heavy (non-hydrogen) atoms. The van der Waals surface area contributed by atoms with Crippen molar-refractivity contribution in [3.05, 3.63) is 71.8 Å².